The van der Waals surface area contributed by atoms with Gasteiger partial charge in [-0.1, -0.05) is 0 Å². The van der Waals surface area contributed by atoms with E-state index < -0.39 is 0 Å². The summed E-state index contributed by atoms with van der Waals surface area (Å²) in [6.07, 6.45) is 0.234. The number of benzene rings is 1. The molecule has 19 heavy (non-hydrogen) atoms. The topological polar surface area (TPSA) is 52.3 Å². The molecule has 1 aromatic rings. The Bertz CT molecular complexity index is 463. The van der Waals surface area contributed by atoms with Crippen LogP contribution >= 0.6 is 0 Å². The van der Waals surface area contributed by atoms with Gasteiger partial charge < -0.3 is 10.5 Å². The molecule has 0 aliphatic carbocycles. The zero-order chi connectivity index (χ0) is 14.7. The standard InChI is InChI=1S/C16H25NO2/c1-7-19-15(18)8-14(17)16-12(5)10(3)9(2)11(4)13(16)6/h14H,7-8,17H2,1-6H3/t14-/m0/s1. The molecule has 0 saturated carbocycles. The van der Waals surface area contributed by atoms with Crippen molar-refractivity contribution in [3.8, 4) is 0 Å². The molecule has 0 saturated heterocycles. The number of rotatable bonds is 4. The van der Waals surface area contributed by atoms with Gasteiger partial charge in [0, 0.05) is 6.04 Å². The summed E-state index contributed by atoms with van der Waals surface area (Å²) in [5, 5.41) is 0. The molecular formula is C16H25NO2. The maximum atomic E-state index is 11.6. The van der Waals surface area contributed by atoms with E-state index in [9.17, 15) is 4.79 Å². The number of esters is 1. The highest BCUT2D eigenvalue weighted by atomic mass is 16.5. The summed E-state index contributed by atoms with van der Waals surface area (Å²) in [7, 11) is 0. The van der Waals surface area contributed by atoms with Crippen LogP contribution in [-0.4, -0.2) is 12.6 Å². The van der Waals surface area contributed by atoms with E-state index in [1.54, 1.807) is 6.92 Å². The van der Waals surface area contributed by atoms with Crippen LogP contribution in [0.2, 0.25) is 0 Å². The summed E-state index contributed by atoms with van der Waals surface area (Å²) >= 11 is 0. The van der Waals surface area contributed by atoms with E-state index >= 15 is 0 Å². The number of carbonyl (C=O) groups excluding carboxylic acids is 1. The van der Waals surface area contributed by atoms with Gasteiger partial charge in [0.25, 0.3) is 0 Å². The van der Waals surface area contributed by atoms with Crippen LogP contribution in [0.25, 0.3) is 0 Å². The zero-order valence-electron chi connectivity index (χ0n) is 12.9. The molecule has 0 bridgehead atoms. The smallest absolute Gasteiger partial charge is 0.307 e. The first-order chi connectivity index (χ1) is 8.81. The average molecular weight is 263 g/mol. The van der Waals surface area contributed by atoms with E-state index in [1.165, 1.54) is 27.8 Å². The Morgan fingerprint density at radius 1 is 1.00 bits per heavy atom. The molecule has 0 aromatic heterocycles. The molecule has 0 aliphatic heterocycles. The number of nitrogens with two attached hydrogens (primary N) is 1. The fourth-order valence-electron chi connectivity index (χ4n) is 2.59. The molecule has 0 spiro atoms. The third-order valence-corrected chi connectivity index (χ3v) is 4.12. The molecule has 1 aromatic carbocycles. The van der Waals surface area contributed by atoms with E-state index in [0.717, 1.165) is 5.56 Å². The Balaban J connectivity index is 3.17. The average Bonchev–Trinajstić information content (AvgIpc) is 2.34. The zero-order valence-corrected chi connectivity index (χ0v) is 12.9. The number of hydrogen-bond acceptors (Lipinski definition) is 3. The quantitative estimate of drug-likeness (QED) is 0.849. The van der Waals surface area contributed by atoms with Crippen LogP contribution in [0.5, 0.6) is 0 Å². The predicted octanol–water partition coefficient (Wildman–Crippen LogP) is 3.18. The van der Waals surface area contributed by atoms with Crippen LogP contribution in [-0.2, 0) is 9.53 Å². The van der Waals surface area contributed by atoms with Crippen molar-refractivity contribution in [2.45, 2.75) is 54.0 Å². The van der Waals surface area contributed by atoms with Gasteiger partial charge in [-0.2, -0.15) is 0 Å². The van der Waals surface area contributed by atoms with Crippen molar-refractivity contribution in [3.05, 3.63) is 33.4 Å². The molecular weight excluding hydrogens is 238 g/mol. The Kier molecular flexibility index (Phi) is 5.12. The summed E-state index contributed by atoms with van der Waals surface area (Å²) < 4.78 is 4.98. The minimum atomic E-state index is -0.294. The normalized spacial score (nSPS) is 12.4. The Hall–Kier alpha value is -1.35. The van der Waals surface area contributed by atoms with Gasteiger partial charge in [0.05, 0.1) is 13.0 Å². The lowest BCUT2D eigenvalue weighted by Gasteiger charge is -2.22. The third kappa shape index (κ3) is 3.16. The van der Waals surface area contributed by atoms with Gasteiger partial charge in [0.15, 0.2) is 0 Å². The lowest BCUT2D eigenvalue weighted by Crippen LogP contribution is -2.20. The molecule has 0 unspecified atom stereocenters. The summed E-state index contributed by atoms with van der Waals surface area (Å²) in [4.78, 5) is 11.6. The second-order valence-electron chi connectivity index (χ2n) is 5.15. The van der Waals surface area contributed by atoms with Gasteiger partial charge in [-0.05, 0) is 74.9 Å². The highest BCUT2D eigenvalue weighted by Gasteiger charge is 2.20. The van der Waals surface area contributed by atoms with Crippen LogP contribution in [0.15, 0.2) is 0 Å². The largest absolute Gasteiger partial charge is 0.466 e. The fourth-order valence-corrected chi connectivity index (χ4v) is 2.59. The number of ether oxygens (including phenoxy) is 1. The second-order valence-corrected chi connectivity index (χ2v) is 5.15. The van der Waals surface area contributed by atoms with Crippen LogP contribution < -0.4 is 5.73 Å². The van der Waals surface area contributed by atoms with Crippen LogP contribution in [0.1, 0.15) is 52.8 Å². The van der Waals surface area contributed by atoms with E-state index in [1.807, 2.05) is 0 Å². The lowest BCUT2D eigenvalue weighted by atomic mass is 9.85. The second kappa shape index (κ2) is 6.20. The third-order valence-electron chi connectivity index (χ3n) is 4.12. The van der Waals surface area contributed by atoms with Gasteiger partial charge in [-0.15, -0.1) is 0 Å². The van der Waals surface area contributed by atoms with Gasteiger partial charge >= 0.3 is 5.97 Å². The molecule has 0 fully saturated rings. The van der Waals surface area contributed by atoms with Crippen LogP contribution in [0.4, 0.5) is 0 Å². The van der Waals surface area contributed by atoms with Crippen LogP contribution in [0, 0.1) is 34.6 Å². The number of hydrogen-bond donors (Lipinski definition) is 1. The summed E-state index contributed by atoms with van der Waals surface area (Å²) in [5.74, 6) is -0.232. The summed E-state index contributed by atoms with van der Waals surface area (Å²) in [6.45, 7) is 12.7. The van der Waals surface area contributed by atoms with Crippen molar-refractivity contribution in [2.75, 3.05) is 6.61 Å². The maximum absolute atomic E-state index is 11.6. The van der Waals surface area contributed by atoms with Gasteiger partial charge in [-0.3, -0.25) is 4.79 Å². The fraction of sp³-hybridized carbons (Fsp3) is 0.562. The molecule has 0 radical (unpaired) electrons. The Morgan fingerprint density at radius 2 is 1.42 bits per heavy atom. The highest BCUT2D eigenvalue weighted by Crippen LogP contribution is 2.30. The number of carbonyl (C=O) groups is 1. The van der Waals surface area contributed by atoms with Crippen molar-refractivity contribution in [1.82, 2.24) is 0 Å². The monoisotopic (exact) mass is 263 g/mol. The van der Waals surface area contributed by atoms with Crippen molar-refractivity contribution in [1.29, 1.82) is 0 Å². The first-order valence-electron chi connectivity index (χ1n) is 6.79. The van der Waals surface area contributed by atoms with Gasteiger partial charge in [0.2, 0.25) is 0 Å². The molecule has 3 heteroatoms. The Morgan fingerprint density at radius 3 is 1.84 bits per heavy atom. The first-order valence-corrected chi connectivity index (χ1v) is 6.79. The Labute approximate surface area is 116 Å². The molecule has 106 valence electrons. The minimum Gasteiger partial charge on any atom is -0.466 e. The van der Waals surface area contributed by atoms with E-state index in [4.69, 9.17) is 10.5 Å². The lowest BCUT2D eigenvalue weighted by molar-refractivity contribution is -0.143. The SMILES string of the molecule is CCOC(=O)C[C@H](N)c1c(C)c(C)c(C)c(C)c1C. The summed E-state index contributed by atoms with van der Waals surface area (Å²) in [5.41, 5.74) is 13.5. The molecule has 3 nitrogen and oxygen atoms in total. The minimum absolute atomic E-state index is 0.232. The molecule has 1 atom stereocenters. The van der Waals surface area contributed by atoms with Crippen molar-refractivity contribution in [3.63, 3.8) is 0 Å². The molecule has 1 rings (SSSR count). The molecule has 0 aliphatic rings. The van der Waals surface area contributed by atoms with Gasteiger partial charge in [-0.25, -0.2) is 0 Å². The highest BCUT2D eigenvalue weighted by molar-refractivity contribution is 5.71. The summed E-state index contributed by atoms with van der Waals surface area (Å²) in [6, 6.07) is -0.294. The van der Waals surface area contributed by atoms with Crippen molar-refractivity contribution in [2.24, 2.45) is 5.73 Å². The maximum Gasteiger partial charge on any atom is 0.307 e. The van der Waals surface area contributed by atoms with Crippen LogP contribution in [0.3, 0.4) is 0 Å². The van der Waals surface area contributed by atoms with E-state index in [-0.39, 0.29) is 18.4 Å². The molecule has 2 N–H and O–H groups in total. The van der Waals surface area contributed by atoms with E-state index in [2.05, 4.69) is 34.6 Å². The van der Waals surface area contributed by atoms with Crippen molar-refractivity contribution >= 4 is 5.97 Å². The molecule has 0 heterocycles. The first kappa shape index (κ1) is 15.7. The predicted molar refractivity (Wildman–Crippen MR) is 78.3 cm³/mol. The molecule has 0 amide bonds. The van der Waals surface area contributed by atoms with Gasteiger partial charge in [0.1, 0.15) is 0 Å². The van der Waals surface area contributed by atoms with E-state index in [0.29, 0.717) is 6.61 Å². The van der Waals surface area contributed by atoms with Crippen molar-refractivity contribution < 1.29 is 9.53 Å².